The Hall–Kier alpha value is -1.87. The number of methoxy groups -OCH3 is 1. The lowest BCUT2D eigenvalue weighted by molar-refractivity contribution is 0.410. The number of ether oxygens (including phenoxy) is 1. The molecule has 0 aliphatic carbocycles. The van der Waals surface area contributed by atoms with Gasteiger partial charge in [-0.1, -0.05) is 18.2 Å². The van der Waals surface area contributed by atoms with Crippen LogP contribution in [0.3, 0.4) is 0 Å². The highest BCUT2D eigenvalue weighted by Gasteiger charge is 2.28. The highest BCUT2D eigenvalue weighted by atomic mass is 19.1. The first-order valence-corrected chi connectivity index (χ1v) is 6.57. The zero-order chi connectivity index (χ0) is 14.9. The molecule has 0 aromatic heterocycles. The van der Waals surface area contributed by atoms with Crippen LogP contribution in [0.15, 0.2) is 36.4 Å². The van der Waals surface area contributed by atoms with Crippen molar-refractivity contribution in [3.63, 3.8) is 0 Å². The van der Waals surface area contributed by atoms with Crippen molar-refractivity contribution in [2.75, 3.05) is 7.11 Å². The summed E-state index contributed by atoms with van der Waals surface area (Å²) >= 11 is 0. The van der Waals surface area contributed by atoms with Crippen molar-refractivity contribution in [3.8, 4) is 5.75 Å². The van der Waals surface area contributed by atoms with Crippen LogP contribution in [-0.4, -0.2) is 7.11 Å². The molecule has 3 heteroatoms. The van der Waals surface area contributed by atoms with Crippen LogP contribution in [0.5, 0.6) is 5.75 Å². The summed E-state index contributed by atoms with van der Waals surface area (Å²) in [5.74, 6) is 0.529. The maximum Gasteiger partial charge on any atom is 0.128 e. The van der Waals surface area contributed by atoms with E-state index in [9.17, 15) is 4.39 Å². The van der Waals surface area contributed by atoms with Crippen LogP contribution in [0, 0.1) is 19.7 Å². The van der Waals surface area contributed by atoms with Gasteiger partial charge in [0.05, 0.1) is 12.6 Å². The molecule has 1 atom stereocenters. The van der Waals surface area contributed by atoms with Crippen molar-refractivity contribution in [2.45, 2.75) is 26.3 Å². The third-order valence-electron chi connectivity index (χ3n) is 3.73. The van der Waals surface area contributed by atoms with Crippen LogP contribution in [0.1, 0.15) is 29.2 Å². The van der Waals surface area contributed by atoms with Gasteiger partial charge in [0.15, 0.2) is 0 Å². The number of benzene rings is 2. The fraction of sp³-hybridized carbons (Fsp3) is 0.294. The summed E-state index contributed by atoms with van der Waals surface area (Å²) in [6, 6.07) is 10.5. The highest BCUT2D eigenvalue weighted by Crippen LogP contribution is 2.34. The molecule has 2 rings (SSSR count). The van der Waals surface area contributed by atoms with Crippen molar-refractivity contribution in [1.29, 1.82) is 0 Å². The van der Waals surface area contributed by atoms with Crippen LogP contribution in [0.2, 0.25) is 0 Å². The van der Waals surface area contributed by atoms with E-state index in [0.717, 1.165) is 22.4 Å². The average Bonchev–Trinajstić information content (AvgIpc) is 2.41. The topological polar surface area (TPSA) is 35.2 Å². The van der Waals surface area contributed by atoms with Crippen LogP contribution in [0.4, 0.5) is 4.39 Å². The van der Waals surface area contributed by atoms with Crippen molar-refractivity contribution in [2.24, 2.45) is 5.73 Å². The van der Waals surface area contributed by atoms with Crippen molar-refractivity contribution >= 4 is 0 Å². The molecule has 0 saturated heterocycles. The quantitative estimate of drug-likeness (QED) is 0.926. The van der Waals surface area contributed by atoms with Crippen molar-refractivity contribution in [1.82, 2.24) is 0 Å². The number of rotatable bonds is 3. The molecule has 2 nitrogen and oxygen atoms in total. The molecule has 106 valence electrons. The molecule has 1 unspecified atom stereocenters. The molecule has 2 aromatic rings. The van der Waals surface area contributed by atoms with Crippen LogP contribution in [-0.2, 0) is 5.54 Å². The van der Waals surface area contributed by atoms with Crippen molar-refractivity contribution < 1.29 is 9.13 Å². The molecule has 0 saturated carbocycles. The lowest BCUT2D eigenvalue weighted by Crippen LogP contribution is -2.36. The summed E-state index contributed by atoms with van der Waals surface area (Å²) in [5, 5.41) is 0. The van der Waals surface area contributed by atoms with E-state index in [4.69, 9.17) is 10.5 Å². The lowest BCUT2D eigenvalue weighted by Gasteiger charge is -2.29. The summed E-state index contributed by atoms with van der Waals surface area (Å²) < 4.78 is 19.4. The third-order valence-corrected chi connectivity index (χ3v) is 3.73. The molecule has 0 spiro atoms. The Balaban J connectivity index is 2.61. The van der Waals surface area contributed by atoms with E-state index < -0.39 is 5.54 Å². The minimum absolute atomic E-state index is 0.287. The first-order chi connectivity index (χ1) is 9.37. The van der Waals surface area contributed by atoms with Crippen LogP contribution >= 0.6 is 0 Å². The highest BCUT2D eigenvalue weighted by molar-refractivity contribution is 5.48. The van der Waals surface area contributed by atoms with Gasteiger partial charge in [-0.05, 0) is 55.7 Å². The molecule has 0 heterocycles. The van der Waals surface area contributed by atoms with E-state index in [1.807, 2.05) is 32.9 Å². The van der Waals surface area contributed by atoms with E-state index in [-0.39, 0.29) is 5.82 Å². The van der Waals surface area contributed by atoms with Gasteiger partial charge in [0.25, 0.3) is 0 Å². The minimum Gasteiger partial charge on any atom is -0.496 e. The number of nitrogens with two attached hydrogens (primary N) is 1. The van der Waals surface area contributed by atoms with Gasteiger partial charge in [0.2, 0.25) is 0 Å². The molecular formula is C17H20FNO. The second-order valence-electron chi connectivity index (χ2n) is 5.32. The molecule has 0 bridgehead atoms. The maximum absolute atomic E-state index is 14.0. The standard InChI is InChI=1S/C17H20FNO/c1-11-10-16(20-4)12(2)9-14(11)17(3,19)13-7-5-6-8-15(13)18/h5-10H,19H2,1-4H3. The second kappa shape index (κ2) is 5.25. The fourth-order valence-corrected chi connectivity index (χ4v) is 2.60. The first-order valence-electron chi connectivity index (χ1n) is 6.57. The molecular weight excluding hydrogens is 253 g/mol. The Morgan fingerprint density at radius 2 is 1.70 bits per heavy atom. The van der Waals surface area contributed by atoms with Gasteiger partial charge in [-0.15, -0.1) is 0 Å². The van der Waals surface area contributed by atoms with E-state index in [0.29, 0.717) is 5.56 Å². The zero-order valence-electron chi connectivity index (χ0n) is 12.3. The molecule has 2 aromatic carbocycles. The summed E-state index contributed by atoms with van der Waals surface area (Å²) in [6.45, 7) is 5.75. The molecule has 20 heavy (non-hydrogen) atoms. The van der Waals surface area contributed by atoms with Gasteiger partial charge in [0, 0.05) is 5.56 Å². The van der Waals surface area contributed by atoms with E-state index in [1.54, 1.807) is 25.3 Å². The molecule has 0 aliphatic heterocycles. The Bertz CT molecular complexity index is 635. The smallest absolute Gasteiger partial charge is 0.128 e. The third kappa shape index (κ3) is 2.41. The first kappa shape index (κ1) is 14.5. The molecule has 0 radical (unpaired) electrons. The fourth-order valence-electron chi connectivity index (χ4n) is 2.60. The van der Waals surface area contributed by atoms with Gasteiger partial charge in [-0.2, -0.15) is 0 Å². The Morgan fingerprint density at radius 1 is 1.05 bits per heavy atom. The molecule has 0 amide bonds. The lowest BCUT2D eigenvalue weighted by atomic mass is 9.82. The molecule has 2 N–H and O–H groups in total. The summed E-state index contributed by atoms with van der Waals surface area (Å²) in [7, 11) is 1.64. The average molecular weight is 273 g/mol. The van der Waals surface area contributed by atoms with E-state index in [1.165, 1.54) is 6.07 Å². The van der Waals surface area contributed by atoms with Gasteiger partial charge in [0.1, 0.15) is 11.6 Å². The normalized spacial score (nSPS) is 13.9. The van der Waals surface area contributed by atoms with Crippen LogP contribution < -0.4 is 10.5 Å². The van der Waals surface area contributed by atoms with E-state index in [2.05, 4.69) is 0 Å². The Kier molecular flexibility index (Phi) is 3.82. The number of halogens is 1. The zero-order valence-corrected chi connectivity index (χ0v) is 12.3. The largest absolute Gasteiger partial charge is 0.496 e. The minimum atomic E-state index is -0.882. The Labute approximate surface area is 119 Å². The summed E-state index contributed by atoms with van der Waals surface area (Å²) in [4.78, 5) is 0. The predicted octanol–water partition coefficient (Wildman–Crippen LogP) is 3.67. The maximum atomic E-state index is 14.0. The van der Waals surface area contributed by atoms with Gasteiger partial charge in [-0.25, -0.2) is 4.39 Å². The molecule has 0 aliphatic rings. The SMILES string of the molecule is COc1cc(C)c(C(C)(N)c2ccccc2F)cc1C. The summed E-state index contributed by atoms with van der Waals surface area (Å²) in [5.41, 5.74) is 8.93. The van der Waals surface area contributed by atoms with Crippen molar-refractivity contribution in [3.05, 3.63) is 64.5 Å². The Morgan fingerprint density at radius 3 is 2.30 bits per heavy atom. The number of hydrogen-bond acceptors (Lipinski definition) is 2. The monoisotopic (exact) mass is 273 g/mol. The second-order valence-corrected chi connectivity index (χ2v) is 5.32. The van der Waals surface area contributed by atoms with Gasteiger partial charge in [-0.3, -0.25) is 0 Å². The number of aryl methyl sites for hydroxylation is 2. The van der Waals surface area contributed by atoms with Gasteiger partial charge >= 0.3 is 0 Å². The van der Waals surface area contributed by atoms with Crippen LogP contribution in [0.25, 0.3) is 0 Å². The number of hydrogen-bond donors (Lipinski definition) is 1. The van der Waals surface area contributed by atoms with Gasteiger partial charge < -0.3 is 10.5 Å². The molecule has 0 fully saturated rings. The summed E-state index contributed by atoms with van der Waals surface area (Å²) in [6.07, 6.45) is 0. The predicted molar refractivity (Wildman–Crippen MR) is 79.5 cm³/mol. The van der Waals surface area contributed by atoms with E-state index >= 15 is 0 Å².